The van der Waals surface area contributed by atoms with Crippen LogP contribution in [0, 0.1) is 0 Å². The standard InChI is InChI=1S/C22H20O2.2C2H6/c23-22(24-21-9-5-2-6-10-21)17-20-15-13-19(14-16-20)12-11-18-7-3-1-4-8-18;2*1-2/h1-10,13-16H,11-12,17H2;2*1-2H3. The van der Waals surface area contributed by atoms with E-state index in [1.807, 2.05) is 64.1 Å². The number of aryl methyl sites for hydroxylation is 2. The van der Waals surface area contributed by atoms with Gasteiger partial charge in [0.05, 0.1) is 6.42 Å². The summed E-state index contributed by atoms with van der Waals surface area (Å²) in [7, 11) is 0. The Labute approximate surface area is 170 Å². The van der Waals surface area contributed by atoms with E-state index in [0.29, 0.717) is 5.75 Å². The Morgan fingerprint density at radius 1 is 0.607 bits per heavy atom. The Morgan fingerprint density at radius 2 is 1.04 bits per heavy atom. The molecule has 0 spiro atoms. The van der Waals surface area contributed by atoms with Crippen LogP contribution in [0.15, 0.2) is 84.9 Å². The summed E-state index contributed by atoms with van der Waals surface area (Å²) in [5, 5.41) is 0. The van der Waals surface area contributed by atoms with E-state index < -0.39 is 0 Å². The van der Waals surface area contributed by atoms with E-state index in [2.05, 4.69) is 36.4 Å². The predicted octanol–water partition coefficient (Wildman–Crippen LogP) is 6.67. The Hall–Kier alpha value is -2.87. The lowest BCUT2D eigenvalue weighted by Crippen LogP contribution is -2.11. The van der Waals surface area contributed by atoms with Gasteiger partial charge in [-0.2, -0.15) is 0 Å². The molecule has 28 heavy (non-hydrogen) atoms. The van der Waals surface area contributed by atoms with Crippen LogP contribution in [0.1, 0.15) is 44.4 Å². The topological polar surface area (TPSA) is 26.3 Å². The van der Waals surface area contributed by atoms with Gasteiger partial charge in [-0.25, -0.2) is 0 Å². The van der Waals surface area contributed by atoms with E-state index >= 15 is 0 Å². The molecule has 0 aliphatic heterocycles. The molecule has 3 rings (SSSR count). The van der Waals surface area contributed by atoms with E-state index in [9.17, 15) is 4.79 Å². The molecule has 148 valence electrons. The van der Waals surface area contributed by atoms with Crippen LogP contribution in [0.2, 0.25) is 0 Å². The molecule has 0 saturated carbocycles. The molecule has 0 aromatic heterocycles. The molecule has 0 bridgehead atoms. The first-order chi connectivity index (χ1) is 13.8. The highest BCUT2D eigenvalue weighted by molar-refractivity contribution is 5.75. The van der Waals surface area contributed by atoms with Crippen LogP contribution in [0.5, 0.6) is 5.75 Å². The highest BCUT2D eigenvalue weighted by atomic mass is 16.5. The molecule has 0 saturated heterocycles. The fourth-order valence-corrected chi connectivity index (χ4v) is 2.58. The summed E-state index contributed by atoms with van der Waals surface area (Å²) in [6.45, 7) is 8.00. The van der Waals surface area contributed by atoms with Crippen LogP contribution in [-0.4, -0.2) is 5.97 Å². The normalized spacial score (nSPS) is 9.29. The Bertz CT molecular complexity index is 763. The number of hydrogen-bond acceptors (Lipinski definition) is 2. The second kappa shape index (κ2) is 14.2. The molecule has 0 fully saturated rings. The minimum absolute atomic E-state index is 0.238. The van der Waals surface area contributed by atoms with Crippen molar-refractivity contribution in [1.29, 1.82) is 0 Å². The molecule has 0 amide bonds. The third-order valence-electron chi connectivity index (χ3n) is 3.89. The van der Waals surface area contributed by atoms with Crippen molar-refractivity contribution < 1.29 is 9.53 Å². The molecular formula is C26H32O2. The van der Waals surface area contributed by atoms with Crippen LogP contribution < -0.4 is 4.74 Å². The van der Waals surface area contributed by atoms with Gasteiger partial charge in [-0.05, 0) is 41.7 Å². The lowest BCUT2D eigenvalue weighted by Gasteiger charge is -2.06. The van der Waals surface area contributed by atoms with Crippen LogP contribution in [0.25, 0.3) is 0 Å². The van der Waals surface area contributed by atoms with Crippen molar-refractivity contribution >= 4 is 5.97 Å². The molecule has 0 radical (unpaired) electrons. The molecule has 0 unspecified atom stereocenters. The summed E-state index contributed by atoms with van der Waals surface area (Å²) in [6, 6.07) is 27.8. The average Bonchev–Trinajstić information content (AvgIpc) is 2.77. The first-order valence-corrected chi connectivity index (χ1v) is 10.2. The number of esters is 1. The highest BCUT2D eigenvalue weighted by Crippen LogP contribution is 2.12. The smallest absolute Gasteiger partial charge is 0.315 e. The number of para-hydroxylation sites is 1. The zero-order valence-corrected chi connectivity index (χ0v) is 17.5. The first kappa shape index (κ1) is 23.2. The summed E-state index contributed by atoms with van der Waals surface area (Å²) < 4.78 is 5.31. The maximum absolute atomic E-state index is 12.0. The van der Waals surface area contributed by atoms with E-state index in [0.717, 1.165) is 18.4 Å². The number of ether oxygens (including phenoxy) is 1. The van der Waals surface area contributed by atoms with Crippen LogP contribution >= 0.6 is 0 Å². The maximum Gasteiger partial charge on any atom is 0.315 e. The number of carbonyl (C=O) groups is 1. The van der Waals surface area contributed by atoms with Gasteiger partial charge >= 0.3 is 5.97 Å². The van der Waals surface area contributed by atoms with Crippen molar-refractivity contribution in [3.05, 3.63) is 102 Å². The van der Waals surface area contributed by atoms with Gasteiger partial charge in [0.1, 0.15) is 5.75 Å². The molecule has 0 atom stereocenters. The summed E-state index contributed by atoms with van der Waals surface area (Å²) in [5.74, 6) is 0.347. The van der Waals surface area contributed by atoms with Gasteiger partial charge < -0.3 is 4.74 Å². The third kappa shape index (κ3) is 8.68. The van der Waals surface area contributed by atoms with E-state index in [4.69, 9.17) is 4.74 Å². The summed E-state index contributed by atoms with van der Waals surface area (Å²) in [4.78, 5) is 12.0. The lowest BCUT2D eigenvalue weighted by molar-refractivity contribution is -0.133. The molecule has 3 aromatic rings. The summed E-state index contributed by atoms with van der Waals surface area (Å²) in [5.41, 5.74) is 3.59. The zero-order chi connectivity index (χ0) is 20.6. The molecule has 2 heteroatoms. The fraction of sp³-hybridized carbons (Fsp3) is 0.269. The second-order valence-electron chi connectivity index (χ2n) is 5.77. The zero-order valence-electron chi connectivity index (χ0n) is 17.5. The fourth-order valence-electron chi connectivity index (χ4n) is 2.58. The first-order valence-electron chi connectivity index (χ1n) is 10.2. The number of benzene rings is 3. The Kier molecular flexibility index (Phi) is 11.8. The van der Waals surface area contributed by atoms with Gasteiger partial charge in [0.2, 0.25) is 0 Å². The third-order valence-corrected chi connectivity index (χ3v) is 3.89. The van der Waals surface area contributed by atoms with Crippen LogP contribution in [0.4, 0.5) is 0 Å². The monoisotopic (exact) mass is 376 g/mol. The van der Waals surface area contributed by atoms with Crippen molar-refractivity contribution in [2.24, 2.45) is 0 Å². The van der Waals surface area contributed by atoms with E-state index in [1.165, 1.54) is 11.1 Å². The van der Waals surface area contributed by atoms with E-state index in [1.54, 1.807) is 12.1 Å². The Balaban J connectivity index is 0.000000921. The Morgan fingerprint density at radius 3 is 1.57 bits per heavy atom. The SMILES string of the molecule is CC.CC.O=C(Cc1ccc(CCc2ccccc2)cc1)Oc1ccccc1. The highest BCUT2D eigenvalue weighted by Gasteiger charge is 2.06. The van der Waals surface area contributed by atoms with Crippen LogP contribution in [-0.2, 0) is 24.1 Å². The minimum atomic E-state index is -0.238. The van der Waals surface area contributed by atoms with Gasteiger partial charge in [0.15, 0.2) is 0 Å². The number of carbonyl (C=O) groups excluding carboxylic acids is 1. The van der Waals surface area contributed by atoms with Gasteiger partial charge in [0, 0.05) is 0 Å². The van der Waals surface area contributed by atoms with Crippen molar-refractivity contribution in [3.63, 3.8) is 0 Å². The molecule has 3 aromatic carbocycles. The lowest BCUT2D eigenvalue weighted by atomic mass is 10.0. The maximum atomic E-state index is 12.0. The van der Waals surface area contributed by atoms with Crippen molar-refractivity contribution in [1.82, 2.24) is 0 Å². The number of rotatable bonds is 6. The van der Waals surface area contributed by atoms with Gasteiger partial charge in [-0.15, -0.1) is 0 Å². The molecule has 0 aliphatic carbocycles. The second-order valence-corrected chi connectivity index (χ2v) is 5.77. The molecule has 0 heterocycles. The van der Waals surface area contributed by atoms with E-state index in [-0.39, 0.29) is 12.4 Å². The molecule has 0 N–H and O–H groups in total. The molecule has 0 aliphatic rings. The number of hydrogen-bond donors (Lipinski definition) is 0. The van der Waals surface area contributed by atoms with Gasteiger partial charge in [-0.1, -0.05) is 100 Å². The minimum Gasteiger partial charge on any atom is -0.426 e. The van der Waals surface area contributed by atoms with Crippen molar-refractivity contribution in [2.45, 2.75) is 47.0 Å². The largest absolute Gasteiger partial charge is 0.426 e. The van der Waals surface area contributed by atoms with Crippen molar-refractivity contribution in [2.75, 3.05) is 0 Å². The van der Waals surface area contributed by atoms with Crippen molar-refractivity contribution in [3.8, 4) is 5.75 Å². The average molecular weight is 377 g/mol. The van der Waals surface area contributed by atoms with Gasteiger partial charge in [0.25, 0.3) is 0 Å². The quantitative estimate of drug-likeness (QED) is 0.354. The van der Waals surface area contributed by atoms with Gasteiger partial charge in [-0.3, -0.25) is 4.79 Å². The summed E-state index contributed by atoms with van der Waals surface area (Å²) in [6.07, 6.45) is 2.31. The van der Waals surface area contributed by atoms with Crippen LogP contribution in [0.3, 0.4) is 0 Å². The predicted molar refractivity (Wildman–Crippen MR) is 119 cm³/mol. The molecular weight excluding hydrogens is 344 g/mol. The summed E-state index contributed by atoms with van der Waals surface area (Å²) >= 11 is 0. The molecule has 2 nitrogen and oxygen atoms in total.